The van der Waals surface area contributed by atoms with Crippen LogP contribution in [-0.4, -0.2) is 19.2 Å². The van der Waals surface area contributed by atoms with Gasteiger partial charge in [0.05, 0.1) is 6.61 Å². The van der Waals surface area contributed by atoms with Crippen molar-refractivity contribution in [1.29, 1.82) is 0 Å². The molecule has 1 N–H and O–H groups in total. The van der Waals surface area contributed by atoms with Gasteiger partial charge >= 0.3 is 6.09 Å². The second-order valence-electron chi connectivity index (χ2n) is 4.25. The number of alkyl carbamates (subject to hydrolysis) is 1. The lowest BCUT2D eigenvalue weighted by Gasteiger charge is -2.22. The standard InChI is InChI=1S/C13H21NO2/c1-4-16-13(15)14-9-11(3)12-7-5-10(2)6-8-12/h5,12H,3-4,6-9H2,1-2H3,(H,14,15)/t12-/m1/s1. The van der Waals surface area contributed by atoms with Crippen molar-refractivity contribution in [2.45, 2.75) is 33.1 Å². The van der Waals surface area contributed by atoms with Crippen molar-refractivity contribution >= 4 is 6.09 Å². The van der Waals surface area contributed by atoms with Crippen LogP contribution >= 0.6 is 0 Å². The normalized spacial score (nSPS) is 19.9. The summed E-state index contributed by atoms with van der Waals surface area (Å²) in [5.74, 6) is 0.505. The Morgan fingerprint density at radius 2 is 2.44 bits per heavy atom. The number of allylic oxidation sites excluding steroid dienone is 2. The average Bonchev–Trinajstić information content (AvgIpc) is 2.27. The molecular formula is C13H21NO2. The first-order chi connectivity index (χ1) is 7.63. The second-order valence-corrected chi connectivity index (χ2v) is 4.25. The monoisotopic (exact) mass is 223 g/mol. The predicted octanol–water partition coefficient (Wildman–Crippen LogP) is 3.04. The van der Waals surface area contributed by atoms with Gasteiger partial charge in [0.2, 0.25) is 0 Å². The van der Waals surface area contributed by atoms with Gasteiger partial charge in [-0.25, -0.2) is 4.79 Å². The summed E-state index contributed by atoms with van der Waals surface area (Å²) in [4.78, 5) is 11.1. The molecule has 3 nitrogen and oxygen atoms in total. The maximum absolute atomic E-state index is 11.1. The number of hydrogen-bond donors (Lipinski definition) is 1. The van der Waals surface area contributed by atoms with Crippen molar-refractivity contribution in [3.8, 4) is 0 Å². The van der Waals surface area contributed by atoms with E-state index in [1.165, 1.54) is 5.57 Å². The van der Waals surface area contributed by atoms with E-state index < -0.39 is 0 Å². The van der Waals surface area contributed by atoms with Crippen molar-refractivity contribution in [1.82, 2.24) is 5.32 Å². The number of hydrogen-bond acceptors (Lipinski definition) is 2. The molecule has 0 aliphatic heterocycles. The zero-order chi connectivity index (χ0) is 12.0. The van der Waals surface area contributed by atoms with E-state index in [1.54, 1.807) is 6.92 Å². The fourth-order valence-electron chi connectivity index (χ4n) is 1.85. The summed E-state index contributed by atoms with van der Waals surface area (Å²) in [6.07, 6.45) is 5.25. The van der Waals surface area contributed by atoms with Crippen LogP contribution in [0.5, 0.6) is 0 Å². The Hall–Kier alpha value is -1.25. The van der Waals surface area contributed by atoms with E-state index in [2.05, 4.69) is 24.9 Å². The summed E-state index contributed by atoms with van der Waals surface area (Å²) in [6.45, 7) is 8.92. The van der Waals surface area contributed by atoms with E-state index in [9.17, 15) is 4.79 Å². The third-order valence-electron chi connectivity index (χ3n) is 2.95. The van der Waals surface area contributed by atoms with Crippen molar-refractivity contribution in [3.63, 3.8) is 0 Å². The second kappa shape index (κ2) is 6.36. The summed E-state index contributed by atoms with van der Waals surface area (Å²) in [7, 11) is 0. The van der Waals surface area contributed by atoms with Crippen LogP contribution in [0.1, 0.15) is 33.1 Å². The molecule has 90 valence electrons. The molecule has 1 rings (SSSR count). The summed E-state index contributed by atoms with van der Waals surface area (Å²) in [5.41, 5.74) is 2.55. The van der Waals surface area contributed by atoms with Gasteiger partial charge in [0.1, 0.15) is 0 Å². The number of ether oxygens (including phenoxy) is 1. The molecule has 16 heavy (non-hydrogen) atoms. The van der Waals surface area contributed by atoms with Crippen molar-refractivity contribution in [2.75, 3.05) is 13.2 Å². The maximum Gasteiger partial charge on any atom is 0.407 e. The Morgan fingerprint density at radius 1 is 1.69 bits per heavy atom. The molecule has 0 saturated carbocycles. The van der Waals surface area contributed by atoms with E-state index in [1.807, 2.05) is 0 Å². The highest BCUT2D eigenvalue weighted by Gasteiger charge is 2.15. The van der Waals surface area contributed by atoms with Gasteiger partial charge in [0, 0.05) is 6.54 Å². The van der Waals surface area contributed by atoms with Crippen LogP contribution in [0.4, 0.5) is 4.79 Å². The molecule has 0 bridgehead atoms. The van der Waals surface area contributed by atoms with Gasteiger partial charge in [0.25, 0.3) is 0 Å². The summed E-state index contributed by atoms with van der Waals surface area (Å²) < 4.78 is 4.79. The van der Waals surface area contributed by atoms with Gasteiger partial charge in [-0.15, -0.1) is 0 Å². The van der Waals surface area contributed by atoms with E-state index in [0.717, 1.165) is 24.8 Å². The third-order valence-corrected chi connectivity index (χ3v) is 2.95. The van der Waals surface area contributed by atoms with Gasteiger partial charge in [-0.2, -0.15) is 0 Å². The SMILES string of the molecule is C=C(CNC(=O)OCC)[C@@H]1CC=C(C)CC1. The quantitative estimate of drug-likeness (QED) is 0.744. The predicted molar refractivity (Wildman–Crippen MR) is 65.3 cm³/mol. The molecule has 1 amide bonds. The lowest BCUT2D eigenvalue weighted by molar-refractivity contribution is 0.153. The zero-order valence-corrected chi connectivity index (χ0v) is 10.2. The highest BCUT2D eigenvalue weighted by molar-refractivity contribution is 5.67. The highest BCUT2D eigenvalue weighted by Crippen LogP contribution is 2.27. The zero-order valence-electron chi connectivity index (χ0n) is 10.2. The molecule has 0 unspecified atom stereocenters. The Bertz CT molecular complexity index is 294. The van der Waals surface area contributed by atoms with Gasteiger partial charge < -0.3 is 10.1 Å². The molecular weight excluding hydrogens is 202 g/mol. The fourth-order valence-corrected chi connectivity index (χ4v) is 1.85. The van der Waals surface area contributed by atoms with Crippen LogP contribution in [0, 0.1) is 5.92 Å². The molecule has 0 radical (unpaired) electrons. The molecule has 0 saturated heterocycles. The molecule has 0 aromatic carbocycles. The van der Waals surface area contributed by atoms with Crippen molar-refractivity contribution in [2.24, 2.45) is 5.92 Å². The van der Waals surface area contributed by atoms with Gasteiger partial charge in [-0.3, -0.25) is 0 Å². The van der Waals surface area contributed by atoms with Gasteiger partial charge in [-0.1, -0.05) is 23.8 Å². The van der Waals surface area contributed by atoms with Crippen molar-refractivity contribution < 1.29 is 9.53 Å². The van der Waals surface area contributed by atoms with E-state index >= 15 is 0 Å². The first-order valence-electron chi connectivity index (χ1n) is 5.87. The molecule has 1 atom stereocenters. The molecule has 0 heterocycles. The largest absolute Gasteiger partial charge is 0.450 e. The number of nitrogens with one attached hydrogen (secondary N) is 1. The number of rotatable bonds is 4. The van der Waals surface area contributed by atoms with Crippen LogP contribution in [0.15, 0.2) is 23.8 Å². The lowest BCUT2D eigenvalue weighted by Crippen LogP contribution is -2.28. The fraction of sp³-hybridized carbons (Fsp3) is 0.615. The minimum Gasteiger partial charge on any atom is -0.450 e. The number of amides is 1. The minimum absolute atomic E-state index is 0.355. The minimum atomic E-state index is -0.355. The van der Waals surface area contributed by atoms with Gasteiger partial charge in [0.15, 0.2) is 0 Å². The lowest BCUT2D eigenvalue weighted by atomic mass is 9.85. The summed E-state index contributed by atoms with van der Waals surface area (Å²) in [6, 6.07) is 0. The van der Waals surface area contributed by atoms with E-state index in [0.29, 0.717) is 19.1 Å². The molecule has 1 aliphatic rings. The molecule has 0 aromatic heterocycles. The van der Waals surface area contributed by atoms with E-state index in [4.69, 9.17) is 4.74 Å². The number of carbonyl (C=O) groups excluding carboxylic acids is 1. The van der Waals surface area contributed by atoms with Crippen LogP contribution in [0.2, 0.25) is 0 Å². The third kappa shape index (κ3) is 4.09. The van der Waals surface area contributed by atoms with Crippen LogP contribution in [0.25, 0.3) is 0 Å². The molecule has 0 spiro atoms. The average molecular weight is 223 g/mol. The molecule has 3 heteroatoms. The van der Waals surface area contributed by atoms with Crippen molar-refractivity contribution in [3.05, 3.63) is 23.8 Å². The van der Waals surface area contributed by atoms with Crippen LogP contribution < -0.4 is 5.32 Å². The Balaban J connectivity index is 2.28. The first-order valence-corrected chi connectivity index (χ1v) is 5.87. The Kier molecular flexibility index (Phi) is 5.09. The van der Waals surface area contributed by atoms with E-state index in [-0.39, 0.29) is 6.09 Å². The first kappa shape index (κ1) is 12.8. The number of carbonyl (C=O) groups is 1. The van der Waals surface area contributed by atoms with Crippen LogP contribution in [0.3, 0.4) is 0 Å². The summed E-state index contributed by atoms with van der Waals surface area (Å²) in [5, 5.41) is 2.71. The topological polar surface area (TPSA) is 38.3 Å². The summed E-state index contributed by atoms with van der Waals surface area (Å²) >= 11 is 0. The van der Waals surface area contributed by atoms with Crippen LogP contribution in [-0.2, 0) is 4.74 Å². The molecule has 0 aromatic rings. The molecule has 1 aliphatic carbocycles. The highest BCUT2D eigenvalue weighted by atomic mass is 16.5. The smallest absolute Gasteiger partial charge is 0.407 e. The Morgan fingerprint density at radius 3 is 3.00 bits per heavy atom. The Labute approximate surface area is 97.6 Å². The van der Waals surface area contributed by atoms with Gasteiger partial charge in [-0.05, 0) is 39.0 Å². The maximum atomic E-state index is 11.1. The molecule has 0 fully saturated rings.